The molecule has 0 radical (unpaired) electrons. The van der Waals surface area contributed by atoms with Gasteiger partial charge in [-0.3, -0.25) is 0 Å². The summed E-state index contributed by atoms with van der Waals surface area (Å²) in [5.74, 6) is 0. The average molecular weight is 127 g/mol. The molecule has 0 amide bonds. The smallest absolute Gasteiger partial charge is 0.255 e. The molecule has 0 saturated heterocycles. The van der Waals surface area contributed by atoms with Crippen molar-refractivity contribution in [1.29, 1.82) is 0 Å². The van der Waals surface area contributed by atoms with Crippen LogP contribution in [0, 0.1) is 0 Å². The van der Waals surface area contributed by atoms with E-state index in [2.05, 4.69) is 16.9 Å². The van der Waals surface area contributed by atoms with Crippen molar-refractivity contribution in [2.24, 2.45) is 0 Å². The van der Waals surface area contributed by atoms with Crippen molar-refractivity contribution in [3.8, 4) is 0 Å². The maximum atomic E-state index is 8.20. The minimum Gasteiger partial charge on any atom is -0.334 e. The zero-order chi connectivity index (χ0) is 5.21. The van der Waals surface area contributed by atoms with E-state index in [1.165, 1.54) is 7.05 Å². The van der Waals surface area contributed by atoms with Crippen LogP contribution >= 0.6 is 6.64 Å². The van der Waals surface area contributed by atoms with Crippen LogP contribution in [0.5, 0.6) is 0 Å². The Labute approximate surface area is 41.2 Å². The lowest BCUT2D eigenvalue weighted by molar-refractivity contribution is 0.468. The third-order valence-electron chi connectivity index (χ3n) is 0.291. The first kappa shape index (κ1) is 6.53. The SMILES string of the molecule is CNP(O)(O)=S. The molecule has 5 heteroatoms. The molecule has 0 aliphatic carbocycles. The van der Waals surface area contributed by atoms with Crippen LogP contribution in [0.4, 0.5) is 0 Å². The summed E-state index contributed by atoms with van der Waals surface area (Å²) in [4.78, 5) is 16.4. The third kappa shape index (κ3) is 4.53. The van der Waals surface area contributed by atoms with Crippen LogP contribution in [-0.4, -0.2) is 16.8 Å². The van der Waals surface area contributed by atoms with Crippen LogP contribution < -0.4 is 5.09 Å². The van der Waals surface area contributed by atoms with Crippen molar-refractivity contribution >= 4 is 18.4 Å². The van der Waals surface area contributed by atoms with Crippen molar-refractivity contribution in [3.63, 3.8) is 0 Å². The van der Waals surface area contributed by atoms with Gasteiger partial charge in [-0.1, -0.05) is 0 Å². The molecule has 0 aliphatic rings. The van der Waals surface area contributed by atoms with Gasteiger partial charge in [-0.2, -0.15) is 0 Å². The zero-order valence-electron chi connectivity index (χ0n) is 3.25. The second-order valence-electron chi connectivity index (χ2n) is 0.768. The lowest BCUT2D eigenvalue weighted by Crippen LogP contribution is -1.98. The fraction of sp³-hybridized carbons (Fsp3) is 1.00. The van der Waals surface area contributed by atoms with Crippen LogP contribution in [0.25, 0.3) is 0 Å². The van der Waals surface area contributed by atoms with Crippen LogP contribution in [0.2, 0.25) is 0 Å². The first-order chi connectivity index (χ1) is 2.56. The van der Waals surface area contributed by atoms with Gasteiger partial charge in [0.05, 0.1) is 0 Å². The molecule has 38 valence electrons. The van der Waals surface area contributed by atoms with Gasteiger partial charge in [0.25, 0.3) is 6.64 Å². The second kappa shape index (κ2) is 2.00. The first-order valence-electron chi connectivity index (χ1n) is 1.31. The van der Waals surface area contributed by atoms with Gasteiger partial charge in [0.15, 0.2) is 0 Å². The summed E-state index contributed by atoms with van der Waals surface area (Å²) in [5, 5.41) is 2.14. The van der Waals surface area contributed by atoms with Crippen molar-refractivity contribution in [2.75, 3.05) is 7.05 Å². The Morgan fingerprint density at radius 3 is 1.83 bits per heavy atom. The topological polar surface area (TPSA) is 52.5 Å². The highest BCUT2D eigenvalue weighted by Gasteiger charge is 1.97. The molecule has 0 saturated carbocycles. The van der Waals surface area contributed by atoms with E-state index in [1.54, 1.807) is 0 Å². The van der Waals surface area contributed by atoms with Gasteiger partial charge in [-0.25, -0.2) is 5.09 Å². The summed E-state index contributed by atoms with van der Waals surface area (Å²) in [5.41, 5.74) is 0. The van der Waals surface area contributed by atoms with E-state index < -0.39 is 6.64 Å². The Morgan fingerprint density at radius 1 is 1.67 bits per heavy atom. The van der Waals surface area contributed by atoms with Crippen LogP contribution in [0.1, 0.15) is 0 Å². The van der Waals surface area contributed by atoms with Crippen molar-refractivity contribution in [1.82, 2.24) is 5.09 Å². The van der Waals surface area contributed by atoms with Crippen molar-refractivity contribution in [2.45, 2.75) is 0 Å². The average Bonchev–Trinajstić information content (AvgIpc) is 1.35. The molecule has 0 aromatic carbocycles. The molecule has 0 heterocycles. The molecule has 3 nitrogen and oxygen atoms in total. The van der Waals surface area contributed by atoms with E-state index >= 15 is 0 Å². The van der Waals surface area contributed by atoms with E-state index in [9.17, 15) is 0 Å². The quantitative estimate of drug-likeness (QED) is 0.412. The Hall–Kier alpha value is 0.530. The summed E-state index contributed by atoms with van der Waals surface area (Å²) in [6.45, 7) is -3.06. The highest BCUT2D eigenvalue weighted by atomic mass is 32.5. The molecular formula is CH6NO2PS. The predicted molar refractivity (Wildman–Crippen MR) is 27.8 cm³/mol. The van der Waals surface area contributed by atoms with Gasteiger partial charge in [-0.05, 0) is 18.9 Å². The van der Waals surface area contributed by atoms with Crippen molar-refractivity contribution < 1.29 is 9.79 Å². The fourth-order valence-corrected chi connectivity index (χ4v) is 0. The molecule has 0 fully saturated rings. The standard InChI is InChI=1S/CH6NO2PS/c1-2-5(3,4)6/h1H3,(H3,2,3,4,6). The molecule has 0 aromatic rings. The van der Waals surface area contributed by atoms with E-state index in [1.807, 2.05) is 0 Å². The zero-order valence-corrected chi connectivity index (χ0v) is 4.96. The summed E-state index contributed by atoms with van der Waals surface area (Å²) < 4.78 is 0. The summed E-state index contributed by atoms with van der Waals surface area (Å²) >= 11 is 4.10. The van der Waals surface area contributed by atoms with E-state index in [0.717, 1.165) is 0 Å². The Bertz CT molecular complexity index is 77.6. The van der Waals surface area contributed by atoms with E-state index in [-0.39, 0.29) is 0 Å². The Morgan fingerprint density at radius 2 is 1.83 bits per heavy atom. The van der Waals surface area contributed by atoms with E-state index in [0.29, 0.717) is 0 Å². The lowest BCUT2D eigenvalue weighted by atomic mass is 11.6. The van der Waals surface area contributed by atoms with Gasteiger partial charge >= 0.3 is 0 Å². The molecule has 0 bridgehead atoms. The Balaban J connectivity index is 3.48. The lowest BCUT2D eigenvalue weighted by Gasteiger charge is -2.00. The second-order valence-corrected chi connectivity index (χ2v) is 3.83. The molecule has 6 heavy (non-hydrogen) atoms. The van der Waals surface area contributed by atoms with Gasteiger partial charge in [-0.15, -0.1) is 0 Å². The minimum absolute atomic E-state index is 1.40. The molecule has 0 aliphatic heterocycles. The molecular weight excluding hydrogens is 121 g/mol. The fourth-order valence-electron chi connectivity index (χ4n) is 0. The van der Waals surface area contributed by atoms with Gasteiger partial charge in [0.1, 0.15) is 0 Å². The Kier molecular flexibility index (Phi) is 2.18. The van der Waals surface area contributed by atoms with Crippen LogP contribution in [-0.2, 0) is 11.8 Å². The number of rotatable bonds is 1. The molecule has 0 atom stereocenters. The monoisotopic (exact) mass is 127 g/mol. The third-order valence-corrected chi connectivity index (χ3v) is 1.42. The van der Waals surface area contributed by atoms with Crippen molar-refractivity contribution in [3.05, 3.63) is 0 Å². The van der Waals surface area contributed by atoms with Gasteiger partial charge < -0.3 is 9.79 Å². The highest BCUT2D eigenvalue weighted by molar-refractivity contribution is 8.08. The van der Waals surface area contributed by atoms with Gasteiger partial charge in [0.2, 0.25) is 0 Å². The largest absolute Gasteiger partial charge is 0.334 e. The molecule has 0 aromatic heterocycles. The maximum Gasteiger partial charge on any atom is 0.255 e. The number of hydrogen-bond acceptors (Lipinski definition) is 1. The number of hydrogen-bond donors (Lipinski definition) is 3. The molecule has 0 spiro atoms. The van der Waals surface area contributed by atoms with E-state index in [4.69, 9.17) is 9.79 Å². The van der Waals surface area contributed by atoms with Gasteiger partial charge in [0, 0.05) is 0 Å². The maximum absolute atomic E-state index is 8.20. The minimum atomic E-state index is -3.06. The van der Waals surface area contributed by atoms with Crippen LogP contribution in [0.3, 0.4) is 0 Å². The predicted octanol–water partition coefficient (Wildman–Crippen LogP) is -0.585. The summed E-state index contributed by atoms with van der Waals surface area (Å²) in [6, 6.07) is 0. The molecule has 0 unspecified atom stereocenters. The summed E-state index contributed by atoms with van der Waals surface area (Å²) in [6.07, 6.45) is 0. The van der Waals surface area contributed by atoms with Crippen LogP contribution in [0.15, 0.2) is 0 Å². The highest BCUT2D eigenvalue weighted by Crippen LogP contribution is 2.26. The normalized spacial score (nSPS) is 11.8. The summed E-state index contributed by atoms with van der Waals surface area (Å²) in [7, 11) is 1.40. The number of nitrogens with one attached hydrogen (secondary N) is 1. The first-order valence-corrected chi connectivity index (χ1v) is 4.01. The molecule has 0 rings (SSSR count). The molecule has 3 N–H and O–H groups in total.